The Morgan fingerprint density at radius 3 is 2.30 bits per heavy atom. The number of methoxy groups -OCH3 is 1. The maximum Gasteiger partial charge on any atom is 0.232 e. The van der Waals surface area contributed by atoms with Crippen LogP contribution >= 0.6 is 0 Å². The molecule has 30 heavy (non-hydrogen) atoms. The van der Waals surface area contributed by atoms with Gasteiger partial charge in [-0.2, -0.15) is 0 Å². The number of sulfonamides is 1. The summed E-state index contributed by atoms with van der Waals surface area (Å²) in [5.74, 6) is 0.827. The van der Waals surface area contributed by atoms with Gasteiger partial charge in [0.05, 0.1) is 25.1 Å². The number of hydrogen-bond donors (Lipinski definition) is 1. The maximum atomic E-state index is 12.6. The molecule has 2 aromatic carbocycles. The SMILES string of the molecule is COc1ccccc1N(CCCC(=O)NC(CC(C)C)c1ccccc1)S(C)(=O)=O. The normalized spacial score (nSPS) is 12.4. The molecule has 0 fully saturated rings. The monoisotopic (exact) mass is 432 g/mol. The Kier molecular flexibility index (Phi) is 8.72. The van der Waals surface area contributed by atoms with Gasteiger partial charge in [-0.3, -0.25) is 9.10 Å². The van der Waals surface area contributed by atoms with Crippen molar-refractivity contribution in [2.75, 3.05) is 24.2 Å². The van der Waals surface area contributed by atoms with E-state index in [2.05, 4.69) is 19.2 Å². The number of ether oxygens (including phenoxy) is 1. The third-order valence-electron chi connectivity index (χ3n) is 4.76. The molecule has 0 aromatic heterocycles. The van der Waals surface area contributed by atoms with Crippen molar-refractivity contribution in [2.24, 2.45) is 5.92 Å². The molecule has 1 unspecified atom stereocenters. The highest BCUT2D eigenvalue weighted by Crippen LogP contribution is 2.29. The topological polar surface area (TPSA) is 75.7 Å². The molecule has 0 aliphatic heterocycles. The van der Waals surface area contributed by atoms with Gasteiger partial charge in [-0.25, -0.2) is 8.42 Å². The first-order chi connectivity index (χ1) is 14.2. The smallest absolute Gasteiger partial charge is 0.232 e. The highest BCUT2D eigenvalue weighted by Gasteiger charge is 2.21. The zero-order valence-corrected chi connectivity index (χ0v) is 19.0. The minimum absolute atomic E-state index is 0.0565. The van der Waals surface area contributed by atoms with E-state index in [1.165, 1.54) is 11.4 Å². The van der Waals surface area contributed by atoms with Gasteiger partial charge in [-0.1, -0.05) is 56.3 Å². The molecule has 0 radical (unpaired) electrons. The predicted octanol–water partition coefficient (Wildman–Crippen LogP) is 4.15. The molecule has 0 bridgehead atoms. The molecule has 2 rings (SSSR count). The minimum Gasteiger partial charge on any atom is -0.495 e. The number of nitrogens with one attached hydrogen (secondary N) is 1. The summed E-state index contributed by atoms with van der Waals surface area (Å²) in [6.45, 7) is 4.45. The van der Waals surface area contributed by atoms with Gasteiger partial charge < -0.3 is 10.1 Å². The summed E-state index contributed by atoms with van der Waals surface area (Å²) in [7, 11) is -2.00. The number of nitrogens with zero attached hydrogens (tertiary/aromatic N) is 1. The van der Waals surface area contributed by atoms with E-state index in [0.717, 1.165) is 18.2 Å². The molecule has 6 nitrogen and oxygen atoms in total. The van der Waals surface area contributed by atoms with Crippen LogP contribution in [0.1, 0.15) is 44.7 Å². The quantitative estimate of drug-likeness (QED) is 0.579. The van der Waals surface area contributed by atoms with Gasteiger partial charge in [0.15, 0.2) is 0 Å². The number of amides is 1. The van der Waals surface area contributed by atoms with E-state index in [4.69, 9.17) is 4.74 Å². The van der Waals surface area contributed by atoms with E-state index in [9.17, 15) is 13.2 Å². The molecule has 1 N–H and O–H groups in total. The zero-order valence-electron chi connectivity index (χ0n) is 18.2. The van der Waals surface area contributed by atoms with Gasteiger partial charge >= 0.3 is 0 Å². The van der Waals surface area contributed by atoms with E-state index in [-0.39, 0.29) is 24.9 Å². The van der Waals surface area contributed by atoms with Gasteiger partial charge in [0.25, 0.3) is 0 Å². The first-order valence-electron chi connectivity index (χ1n) is 10.2. The molecule has 2 aromatic rings. The van der Waals surface area contributed by atoms with Gasteiger partial charge in [0.1, 0.15) is 5.75 Å². The highest BCUT2D eigenvalue weighted by atomic mass is 32.2. The summed E-state index contributed by atoms with van der Waals surface area (Å²) in [4.78, 5) is 12.6. The molecule has 1 atom stereocenters. The summed E-state index contributed by atoms with van der Waals surface area (Å²) in [5.41, 5.74) is 1.55. The molecule has 0 spiro atoms. The van der Waals surface area contributed by atoms with Crippen LogP contribution in [0, 0.1) is 5.92 Å². The number of carbonyl (C=O) groups is 1. The summed E-state index contributed by atoms with van der Waals surface area (Å²) < 4.78 is 31.3. The van der Waals surface area contributed by atoms with Crippen LogP contribution in [0.2, 0.25) is 0 Å². The lowest BCUT2D eigenvalue weighted by Crippen LogP contribution is -2.33. The highest BCUT2D eigenvalue weighted by molar-refractivity contribution is 7.92. The standard InChI is InChI=1S/C23H32N2O4S/c1-18(2)17-20(19-11-6-5-7-12-19)24-23(26)15-10-16-25(30(4,27)28)21-13-8-9-14-22(21)29-3/h5-9,11-14,18,20H,10,15-17H2,1-4H3,(H,24,26). The second-order valence-electron chi connectivity index (χ2n) is 7.77. The molecule has 0 saturated heterocycles. The minimum atomic E-state index is -3.51. The number of anilines is 1. The molecule has 7 heteroatoms. The lowest BCUT2D eigenvalue weighted by molar-refractivity contribution is -0.122. The van der Waals surface area contributed by atoms with Crippen LogP contribution in [-0.4, -0.2) is 34.2 Å². The van der Waals surface area contributed by atoms with Crippen LogP contribution in [0.3, 0.4) is 0 Å². The Balaban J connectivity index is 2.03. The Morgan fingerprint density at radius 2 is 1.70 bits per heavy atom. The Bertz CT molecular complexity index is 914. The number of benzene rings is 2. The molecule has 1 amide bonds. The average molecular weight is 433 g/mol. The van der Waals surface area contributed by atoms with Crippen molar-refractivity contribution < 1.29 is 17.9 Å². The summed E-state index contributed by atoms with van der Waals surface area (Å²) in [6.07, 6.45) is 2.64. The summed E-state index contributed by atoms with van der Waals surface area (Å²) in [5, 5.41) is 3.11. The molecule has 0 saturated carbocycles. The van der Waals surface area contributed by atoms with Gasteiger partial charge in [-0.05, 0) is 36.5 Å². The van der Waals surface area contributed by atoms with Crippen LogP contribution in [0.25, 0.3) is 0 Å². The third-order valence-corrected chi connectivity index (χ3v) is 5.94. The predicted molar refractivity (Wildman–Crippen MR) is 121 cm³/mol. The van der Waals surface area contributed by atoms with Gasteiger partial charge in [0.2, 0.25) is 15.9 Å². The van der Waals surface area contributed by atoms with E-state index >= 15 is 0 Å². The number of rotatable bonds is 11. The van der Waals surface area contributed by atoms with Crippen molar-refractivity contribution in [1.82, 2.24) is 5.32 Å². The zero-order chi connectivity index (χ0) is 22.1. The van der Waals surface area contributed by atoms with Crippen molar-refractivity contribution in [2.45, 2.75) is 39.2 Å². The van der Waals surface area contributed by atoms with Crippen LogP contribution in [0.4, 0.5) is 5.69 Å². The Morgan fingerprint density at radius 1 is 1.07 bits per heavy atom. The van der Waals surface area contributed by atoms with E-state index in [1.54, 1.807) is 24.3 Å². The molecule has 0 heterocycles. The first kappa shape index (κ1) is 23.7. The van der Waals surface area contributed by atoms with Crippen LogP contribution in [0.5, 0.6) is 5.75 Å². The maximum absolute atomic E-state index is 12.6. The second-order valence-corrected chi connectivity index (χ2v) is 9.68. The number of carbonyl (C=O) groups excluding carboxylic acids is 1. The molecule has 0 aliphatic carbocycles. The molecular formula is C23H32N2O4S. The fraction of sp³-hybridized carbons (Fsp3) is 0.435. The van der Waals surface area contributed by atoms with E-state index < -0.39 is 10.0 Å². The largest absolute Gasteiger partial charge is 0.495 e. The fourth-order valence-electron chi connectivity index (χ4n) is 3.39. The fourth-order valence-corrected chi connectivity index (χ4v) is 4.35. The molecular weight excluding hydrogens is 400 g/mol. The average Bonchev–Trinajstić information content (AvgIpc) is 2.70. The van der Waals surface area contributed by atoms with Crippen molar-refractivity contribution in [3.05, 3.63) is 60.2 Å². The lowest BCUT2D eigenvalue weighted by Gasteiger charge is -2.24. The number of hydrogen-bond acceptors (Lipinski definition) is 4. The molecule has 164 valence electrons. The van der Waals surface area contributed by atoms with Gasteiger partial charge in [0, 0.05) is 13.0 Å². The van der Waals surface area contributed by atoms with Crippen molar-refractivity contribution in [1.29, 1.82) is 0 Å². The first-order valence-corrected chi connectivity index (χ1v) is 12.0. The van der Waals surface area contributed by atoms with Crippen LogP contribution in [-0.2, 0) is 14.8 Å². The summed E-state index contributed by atoms with van der Waals surface area (Å²) in [6, 6.07) is 16.8. The van der Waals surface area contributed by atoms with Gasteiger partial charge in [-0.15, -0.1) is 0 Å². The van der Waals surface area contributed by atoms with Crippen LogP contribution < -0.4 is 14.4 Å². The Labute approximate surface area is 180 Å². The summed E-state index contributed by atoms with van der Waals surface area (Å²) >= 11 is 0. The second kappa shape index (κ2) is 11.0. The number of para-hydroxylation sites is 2. The van der Waals surface area contributed by atoms with E-state index in [0.29, 0.717) is 23.8 Å². The third kappa shape index (κ3) is 7.06. The van der Waals surface area contributed by atoms with Crippen molar-refractivity contribution in [3.63, 3.8) is 0 Å². The van der Waals surface area contributed by atoms with Crippen LogP contribution in [0.15, 0.2) is 54.6 Å². The van der Waals surface area contributed by atoms with Crippen molar-refractivity contribution >= 4 is 21.6 Å². The molecule has 0 aliphatic rings. The Hall–Kier alpha value is -2.54. The van der Waals surface area contributed by atoms with E-state index in [1.807, 2.05) is 30.3 Å². The lowest BCUT2D eigenvalue weighted by atomic mass is 9.97. The van der Waals surface area contributed by atoms with Crippen molar-refractivity contribution in [3.8, 4) is 5.75 Å².